The largest absolute Gasteiger partial charge is 0.445 e. The number of benzene rings is 2. The summed E-state index contributed by atoms with van der Waals surface area (Å²) in [4.78, 5) is 40.1. The van der Waals surface area contributed by atoms with E-state index in [-0.39, 0.29) is 63.5 Å². The molecular formula is C102H173N3O9. The number of amides is 2. The van der Waals surface area contributed by atoms with Crippen molar-refractivity contribution in [2.45, 2.75) is 413 Å². The molecule has 2 heterocycles. The van der Waals surface area contributed by atoms with E-state index < -0.39 is 17.7 Å². The zero-order valence-electron chi connectivity index (χ0n) is 74.3. The van der Waals surface area contributed by atoms with Crippen molar-refractivity contribution in [2.24, 2.45) is 0 Å². The third-order valence-corrected chi connectivity index (χ3v) is 20.8. The monoisotopic (exact) mass is 1580 g/mol. The van der Waals surface area contributed by atoms with E-state index in [1.807, 2.05) is 67.6 Å². The Balaban J connectivity index is 0.000000956. The fourth-order valence-corrected chi connectivity index (χ4v) is 14.5. The van der Waals surface area contributed by atoms with Crippen molar-refractivity contribution in [3.05, 3.63) is 169 Å². The Hall–Kier alpha value is -5.63. The molecule has 2 amide bonds. The molecule has 0 spiro atoms. The molecule has 114 heavy (non-hydrogen) atoms. The highest BCUT2D eigenvalue weighted by Gasteiger charge is 2.46. The van der Waals surface area contributed by atoms with Crippen LogP contribution in [0.25, 0.3) is 0 Å². The molecule has 0 bridgehead atoms. The van der Waals surface area contributed by atoms with Crippen LogP contribution in [0.5, 0.6) is 0 Å². The van der Waals surface area contributed by atoms with Gasteiger partial charge < -0.3 is 43.1 Å². The van der Waals surface area contributed by atoms with Gasteiger partial charge in [0.15, 0.2) is 11.6 Å². The van der Waals surface area contributed by atoms with Gasteiger partial charge in [0.05, 0.1) is 44.1 Å². The Morgan fingerprint density at radius 1 is 0.333 bits per heavy atom. The highest BCUT2D eigenvalue weighted by molar-refractivity contribution is 5.81. The number of hydrogen-bond donors (Lipinski definition) is 0. The number of allylic oxidation sites excluding steroid dienone is 16. The lowest BCUT2D eigenvalue weighted by Gasteiger charge is -2.28. The molecule has 2 aromatic carbocycles. The number of nitrogens with zero attached hydrogens (tertiary/aromatic N) is 3. The molecule has 4 rings (SSSR count). The summed E-state index contributed by atoms with van der Waals surface area (Å²) in [5, 5.41) is 0. The average Bonchev–Trinajstić information content (AvgIpc) is 1.67. The Labute approximate surface area is 701 Å². The van der Waals surface area contributed by atoms with E-state index in [1.54, 1.807) is 11.9 Å². The van der Waals surface area contributed by atoms with Crippen molar-refractivity contribution in [2.75, 3.05) is 47.8 Å². The highest BCUT2D eigenvalue weighted by Crippen LogP contribution is 2.37. The second-order valence-corrected chi connectivity index (χ2v) is 32.7. The highest BCUT2D eigenvalue weighted by atomic mass is 16.8. The lowest BCUT2D eigenvalue weighted by Crippen LogP contribution is -2.43. The fraction of sp³-hybridized carbons (Fsp3) is 0.696. The van der Waals surface area contributed by atoms with E-state index in [4.69, 9.17) is 28.4 Å². The molecule has 0 aliphatic carbocycles. The molecular weight excluding hydrogens is 1410 g/mol. The van der Waals surface area contributed by atoms with E-state index >= 15 is 0 Å². The number of likely N-dealkylation sites (N-methyl/N-ethyl adjacent to an activating group) is 3. The summed E-state index contributed by atoms with van der Waals surface area (Å²) in [5.41, 5.74) is 1.90. The van der Waals surface area contributed by atoms with Gasteiger partial charge in [-0.05, 0) is 200 Å². The van der Waals surface area contributed by atoms with Crippen LogP contribution in [0.2, 0.25) is 0 Å². The number of hydrogen-bond acceptors (Lipinski definition) is 10. The minimum atomic E-state index is -0.829. The molecule has 4 atom stereocenters. The quantitative estimate of drug-likeness (QED) is 0.0468. The van der Waals surface area contributed by atoms with Crippen LogP contribution in [-0.4, -0.2) is 116 Å². The van der Waals surface area contributed by atoms with Gasteiger partial charge in [0, 0.05) is 14.1 Å². The molecule has 2 fully saturated rings. The minimum absolute atomic E-state index is 0. The van der Waals surface area contributed by atoms with Crippen LogP contribution in [0.1, 0.15) is 375 Å². The van der Waals surface area contributed by atoms with Gasteiger partial charge in [0.1, 0.15) is 19.0 Å². The van der Waals surface area contributed by atoms with Crippen molar-refractivity contribution in [1.29, 1.82) is 0 Å². The number of carbonyl (C=O) groups excluding carboxylic acids is 3. The molecule has 0 saturated carbocycles. The van der Waals surface area contributed by atoms with Crippen molar-refractivity contribution in [3.8, 4) is 0 Å². The van der Waals surface area contributed by atoms with E-state index in [9.17, 15) is 14.4 Å². The van der Waals surface area contributed by atoms with Crippen LogP contribution >= 0.6 is 0 Å². The third-order valence-electron chi connectivity index (χ3n) is 20.8. The van der Waals surface area contributed by atoms with Gasteiger partial charge in [-0.25, -0.2) is 9.59 Å². The Bertz CT molecular complexity index is 2680. The zero-order valence-corrected chi connectivity index (χ0v) is 74.3. The fourth-order valence-electron chi connectivity index (χ4n) is 14.5. The summed E-state index contributed by atoms with van der Waals surface area (Å²) in [6, 6.07) is 19.2. The molecule has 2 aliphatic heterocycles. The summed E-state index contributed by atoms with van der Waals surface area (Å²) in [5.74, 6) is -1.37. The first-order chi connectivity index (χ1) is 55.1. The molecule has 2 aliphatic rings. The van der Waals surface area contributed by atoms with Gasteiger partial charge in [-0.2, -0.15) is 0 Å². The van der Waals surface area contributed by atoms with Crippen LogP contribution in [0.15, 0.2) is 158 Å². The number of ketones is 1. The lowest BCUT2D eigenvalue weighted by atomic mass is 9.99. The SMILES string of the molecule is C.CC(=O)CN(C)C(=O)OCc1ccccc1.CCCCC/C=C\C/C=C\CCCCCCCC1OC(C)(CN(C)C(=O)OCc2ccccc2)OC1CCCCCCC/C=C\C/C=C\CCCCC.CCCCC/C=C\C/C=C\CCCCCCCC1OC(C)(CN(C)C)OC1CCCCCCC/C=C\C/C=C\CCCCC. The first-order valence-corrected chi connectivity index (χ1v) is 46.0. The minimum Gasteiger partial charge on any atom is -0.445 e. The molecule has 2 aromatic rings. The van der Waals surface area contributed by atoms with Crippen molar-refractivity contribution >= 4 is 18.0 Å². The van der Waals surface area contributed by atoms with Gasteiger partial charge in [0.25, 0.3) is 0 Å². The standard InChI is InChI=1S/C48H79NO4.C41H75NO2.C12H15NO3.CH4/c1-5-7-9-11-13-15-17-19-21-23-25-27-29-31-36-40-45-46(41-37-32-30-28-26-24-22-20-18-16-14-12-10-8-6-2)53-48(3,52-45)43-49(4)47(50)51-42-44-38-34-33-35-39-44;1-6-8-10-12-14-16-18-20-22-24-26-28-30-32-34-36-39-40(44-41(3,43-39)38-42(4)5)37-35-33-31-29-27-25-23-21-19-17-15-13-11-9-7-2;1-10(14)8-13(2)12(15)16-9-11-6-4-3-5-7-11;/h13-16,19-22,33-35,38-39,45-46H,5-12,17-18,23-32,36-37,40-43H2,1-4H3;14-17,20-23,39-40H,6-13,18-19,24-38H2,1-5H3;3-7H,8-9H2,1-2H3;1H4/b15-13-,16-14-,21-19-,22-20-;16-14-,17-15-,22-20-,23-21-;;. The van der Waals surface area contributed by atoms with E-state index in [0.29, 0.717) is 6.54 Å². The number of Topliss-reactive ketones (excluding diaryl/α,β-unsaturated/α-hetero) is 1. The summed E-state index contributed by atoms with van der Waals surface area (Å²) < 4.78 is 37.0. The van der Waals surface area contributed by atoms with Gasteiger partial charge in [-0.1, -0.05) is 347 Å². The van der Waals surface area contributed by atoms with Crippen LogP contribution in [0, 0.1) is 0 Å². The smallest absolute Gasteiger partial charge is 0.410 e. The van der Waals surface area contributed by atoms with Gasteiger partial charge >= 0.3 is 12.2 Å². The predicted molar refractivity (Wildman–Crippen MR) is 488 cm³/mol. The van der Waals surface area contributed by atoms with Gasteiger partial charge in [-0.3, -0.25) is 4.79 Å². The second kappa shape index (κ2) is 74.9. The van der Waals surface area contributed by atoms with Crippen LogP contribution in [0.3, 0.4) is 0 Å². The first-order valence-electron chi connectivity index (χ1n) is 46.0. The topological polar surface area (TPSA) is 116 Å². The molecule has 12 nitrogen and oxygen atoms in total. The maximum Gasteiger partial charge on any atom is 0.410 e. The maximum atomic E-state index is 12.8. The molecule has 4 unspecified atom stereocenters. The van der Waals surface area contributed by atoms with Crippen molar-refractivity contribution < 1.29 is 42.8 Å². The Morgan fingerprint density at radius 2 is 0.570 bits per heavy atom. The van der Waals surface area contributed by atoms with Crippen LogP contribution < -0.4 is 0 Å². The third kappa shape index (κ3) is 61.7. The lowest BCUT2D eigenvalue weighted by molar-refractivity contribution is -0.170. The van der Waals surface area contributed by atoms with Crippen molar-refractivity contribution in [3.63, 3.8) is 0 Å². The van der Waals surface area contributed by atoms with Gasteiger partial charge in [0.2, 0.25) is 0 Å². The second-order valence-electron chi connectivity index (χ2n) is 32.7. The van der Waals surface area contributed by atoms with Gasteiger partial charge in [-0.15, -0.1) is 0 Å². The molecule has 0 aromatic heterocycles. The molecule has 0 N–H and O–H groups in total. The number of ether oxygens (including phenoxy) is 6. The number of carbonyl (C=O) groups is 3. The van der Waals surface area contributed by atoms with E-state index in [0.717, 1.165) is 81.9 Å². The number of unbranched alkanes of at least 4 members (excludes halogenated alkanes) is 32. The first kappa shape index (κ1) is 106. The molecule has 2 saturated heterocycles. The molecule has 650 valence electrons. The van der Waals surface area contributed by atoms with Crippen LogP contribution in [0.4, 0.5) is 9.59 Å². The van der Waals surface area contributed by atoms with Crippen LogP contribution in [-0.2, 0) is 46.4 Å². The molecule has 0 radical (unpaired) electrons. The number of rotatable bonds is 66. The Morgan fingerprint density at radius 3 is 0.825 bits per heavy atom. The predicted octanol–water partition coefficient (Wildman–Crippen LogP) is 29.5. The van der Waals surface area contributed by atoms with Crippen molar-refractivity contribution in [1.82, 2.24) is 14.7 Å². The zero-order chi connectivity index (χ0) is 82.0. The van der Waals surface area contributed by atoms with E-state index in [1.165, 1.54) is 263 Å². The average molecular weight is 1590 g/mol. The maximum absolute atomic E-state index is 12.8. The summed E-state index contributed by atoms with van der Waals surface area (Å²) in [6.07, 6.45) is 96.9. The van der Waals surface area contributed by atoms with E-state index in [2.05, 4.69) is 151 Å². The molecule has 12 heteroatoms. The Kier molecular flexibility index (Phi) is 69.9. The summed E-state index contributed by atoms with van der Waals surface area (Å²) >= 11 is 0. The summed E-state index contributed by atoms with van der Waals surface area (Å²) in [7, 11) is 7.53. The normalized spacial score (nSPS) is 18.4. The summed E-state index contributed by atoms with van der Waals surface area (Å²) in [6.45, 7) is 16.3.